The lowest BCUT2D eigenvalue weighted by Crippen LogP contribution is -2.13. The monoisotopic (exact) mass is 286 g/mol. The van der Waals surface area contributed by atoms with Gasteiger partial charge in [-0.2, -0.15) is 0 Å². The number of anilines is 1. The van der Waals surface area contributed by atoms with Gasteiger partial charge in [-0.25, -0.2) is 0 Å². The lowest BCUT2D eigenvalue weighted by Gasteiger charge is -2.10. The zero-order valence-corrected chi connectivity index (χ0v) is 11.6. The van der Waals surface area contributed by atoms with Crippen molar-refractivity contribution >= 4 is 17.3 Å². The Bertz CT molecular complexity index is 726. The number of nitro groups is 1. The molecule has 6 heteroatoms. The van der Waals surface area contributed by atoms with Crippen molar-refractivity contribution in [3.63, 3.8) is 0 Å². The molecule has 0 saturated heterocycles. The predicted molar refractivity (Wildman–Crippen MR) is 78.6 cm³/mol. The first-order valence-corrected chi connectivity index (χ1v) is 6.25. The van der Waals surface area contributed by atoms with Crippen LogP contribution in [0.5, 0.6) is 5.75 Å². The van der Waals surface area contributed by atoms with Crippen molar-refractivity contribution in [1.29, 1.82) is 0 Å². The molecule has 0 aliphatic heterocycles. The van der Waals surface area contributed by atoms with E-state index in [1.165, 1.54) is 24.3 Å². The second-order valence-electron chi connectivity index (χ2n) is 4.66. The zero-order valence-electron chi connectivity index (χ0n) is 11.6. The van der Waals surface area contributed by atoms with Crippen LogP contribution in [0.1, 0.15) is 21.5 Å². The van der Waals surface area contributed by atoms with E-state index in [9.17, 15) is 20.0 Å². The van der Waals surface area contributed by atoms with Crippen LogP contribution in [0.25, 0.3) is 0 Å². The molecule has 0 fully saturated rings. The topological polar surface area (TPSA) is 92.5 Å². The molecule has 2 N–H and O–H groups in total. The van der Waals surface area contributed by atoms with Crippen LogP contribution in [0.3, 0.4) is 0 Å². The summed E-state index contributed by atoms with van der Waals surface area (Å²) in [7, 11) is 0. The van der Waals surface area contributed by atoms with Crippen LogP contribution in [-0.4, -0.2) is 15.9 Å². The average molecular weight is 286 g/mol. The van der Waals surface area contributed by atoms with Gasteiger partial charge in [-0.05, 0) is 38.1 Å². The number of nitro benzene ring substituents is 1. The SMILES string of the molecule is Cc1cc(C(=O)Nc2cccc(O)c2C)ccc1[N+](=O)[O-]. The Morgan fingerprint density at radius 3 is 2.57 bits per heavy atom. The number of carbonyl (C=O) groups is 1. The first-order chi connectivity index (χ1) is 9.90. The van der Waals surface area contributed by atoms with Crippen molar-refractivity contribution in [2.24, 2.45) is 0 Å². The molecule has 1 amide bonds. The summed E-state index contributed by atoms with van der Waals surface area (Å²) < 4.78 is 0. The van der Waals surface area contributed by atoms with Crippen LogP contribution < -0.4 is 5.32 Å². The molecule has 0 atom stereocenters. The number of nitrogens with zero attached hydrogens (tertiary/aromatic N) is 1. The van der Waals surface area contributed by atoms with Gasteiger partial charge in [0.2, 0.25) is 0 Å². The van der Waals surface area contributed by atoms with E-state index in [-0.39, 0.29) is 17.3 Å². The van der Waals surface area contributed by atoms with Crippen LogP contribution in [0.4, 0.5) is 11.4 Å². The third kappa shape index (κ3) is 3.00. The molecule has 0 aliphatic rings. The molecule has 21 heavy (non-hydrogen) atoms. The summed E-state index contributed by atoms with van der Waals surface area (Å²) in [6.45, 7) is 3.26. The number of hydrogen-bond acceptors (Lipinski definition) is 4. The van der Waals surface area contributed by atoms with Crippen molar-refractivity contribution in [2.45, 2.75) is 13.8 Å². The second kappa shape index (κ2) is 5.62. The van der Waals surface area contributed by atoms with Crippen molar-refractivity contribution in [3.05, 3.63) is 63.2 Å². The molecule has 2 aromatic rings. The highest BCUT2D eigenvalue weighted by atomic mass is 16.6. The molecule has 0 spiro atoms. The molecule has 0 aliphatic carbocycles. The molecule has 0 aromatic heterocycles. The van der Waals surface area contributed by atoms with Crippen molar-refractivity contribution in [3.8, 4) is 5.75 Å². The fourth-order valence-corrected chi connectivity index (χ4v) is 1.95. The van der Waals surface area contributed by atoms with Gasteiger partial charge < -0.3 is 10.4 Å². The van der Waals surface area contributed by atoms with Crippen LogP contribution in [0.15, 0.2) is 36.4 Å². The van der Waals surface area contributed by atoms with Gasteiger partial charge >= 0.3 is 0 Å². The molecule has 0 saturated carbocycles. The van der Waals surface area contributed by atoms with E-state index in [1.807, 2.05) is 0 Å². The fourth-order valence-electron chi connectivity index (χ4n) is 1.95. The zero-order chi connectivity index (χ0) is 15.6. The molecular formula is C15H14N2O4. The van der Waals surface area contributed by atoms with E-state index in [0.29, 0.717) is 22.4 Å². The van der Waals surface area contributed by atoms with Crippen LogP contribution in [-0.2, 0) is 0 Å². The number of carbonyl (C=O) groups excluding carboxylic acids is 1. The molecule has 2 rings (SSSR count). The Morgan fingerprint density at radius 2 is 1.95 bits per heavy atom. The van der Waals surface area contributed by atoms with Gasteiger partial charge in [0.15, 0.2) is 0 Å². The molecule has 108 valence electrons. The second-order valence-corrected chi connectivity index (χ2v) is 4.66. The Kier molecular flexibility index (Phi) is 3.89. The number of aromatic hydroxyl groups is 1. The molecule has 2 aromatic carbocycles. The molecule has 0 bridgehead atoms. The molecule has 0 radical (unpaired) electrons. The van der Waals surface area contributed by atoms with E-state index in [4.69, 9.17) is 0 Å². The number of phenolic OH excluding ortho intramolecular Hbond substituents is 1. The third-order valence-corrected chi connectivity index (χ3v) is 3.21. The van der Waals surface area contributed by atoms with E-state index in [1.54, 1.807) is 26.0 Å². The number of rotatable bonds is 3. The summed E-state index contributed by atoms with van der Waals surface area (Å²) in [5.41, 5.74) is 1.77. The summed E-state index contributed by atoms with van der Waals surface area (Å²) in [6, 6.07) is 9.00. The number of aryl methyl sites for hydroxylation is 1. The average Bonchev–Trinajstić information content (AvgIpc) is 2.43. The summed E-state index contributed by atoms with van der Waals surface area (Å²) in [4.78, 5) is 22.4. The Hall–Kier alpha value is -2.89. The van der Waals surface area contributed by atoms with E-state index in [2.05, 4.69) is 5.32 Å². The van der Waals surface area contributed by atoms with E-state index < -0.39 is 4.92 Å². The summed E-state index contributed by atoms with van der Waals surface area (Å²) in [5.74, 6) is -0.297. The fraction of sp³-hybridized carbons (Fsp3) is 0.133. The Labute approximate surface area is 121 Å². The van der Waals surface area contributed by atoms with Crippen molar-refractivity contribution in [2.75, 3.05) is 5.32 Å². The minimum atomic E-state index is -0.490. The Morgan fingerprint density at radius 1 is 1.24 bits per heavy atom. The van der Waals surface area contributed by atoms with Gasteiger partial charge in [0.25, 0.3) is 11.6 Å². The molecule has 0 heterocycles. The maximum atomic E-state index is 12.1. The number of amides is 1. The number of phenols is 1. The van der Waals surface area contributed by atoms with Gasteiger partial charge in [-0.15, -0.1) is 0 Å². The molecular weight excluding hydrogens is 272 g/mol. The smallest absolute Gasteiger partial charge is 0.272 e. The van der Waals surface area contributed by atoms with Crippen molar-refractivity contribution in [1.82, 2.24) is 0 Å². The van der Waals surface area contributed by atoms with Gasteiger partial charge in [-0.3, -0.25) is 14.9 Å². The highest BCUT2D eigenvalue weighted by molar-refractivity contribution is 6.05. The summed E-state index contributed by atoms with van der Waals surface area (Å²) >= 11 is 0. The van der Waals surface area contributed by atoms with Crippen LogP contribution in [0, 0.1) is 24.0 Å². The quantitative estimate of drug-likeness (QED) is 0.669. The van der Waals surface area contributed by atoms with Gasteiger partial charge in [0.05, 0.1) is 4.92 Å². The minimum Gasteiger partial charge on any atom is -0.508 e. The Balaban J connectivity index is 2.27. The predicted octanol–water partition coefficient (Wildman–Crippen LogP) is 3.17. The normalized spacial score (nSPS) is 10.2. The van der Waals surface area contributed by atoms with Gasteiger partial charge in [0.1, 0.15) is 5.75 Å². The van der Waals surface area contributed by atoms with Crippen molar-refractivity contribution < 1.29 is 14.8 Å². The number of hydrogen-bond donors (Lipinski definition) is 2. The largest absolute Gasteiger partial charge is 0.508 e. The maximum absolute atomic E-state index is 12.1. The van der Waals surface area contributed by atoms with Gasteiger partial charge in [0, 0.05) is 28.4 Å². The first kappa shape index (κ1) is 14.5. The third-order valence-electron chi connectivity index (χ3n) is 3.21. The van der Waals surface area contributed by atoms with E-state index >= 15 is 0 Å². The first-order valence-electron chi connectivity index (χ1n) is 6.25. The number of benzene rings is 2. The summed E-state index contributed by atoms with van der Waals surface area (Å²) in [6.07, 6.45) is 0. The standard InChI is InChI=1S/C15H14N2O4/c1-9-8-11(6-7-13(9)17(20)21)15(19)16-12-4-3-5-14(18)10(12)2/h3-8,18H,1-2H3,(H,16,19). The minimum absolute atomic E-state index is 0.0277. The van der Waals surface area contributed by atoms with Crippen LogP contribution >= 0.6 is 0 Å². The summed E-state index contributed by atoms with van der Waals surface area (Å²) in [5, 5.41) is 23.0. The highest BCUT2D eigenvalue weighted by Crippen LogP contribution is 2.25. The maximum Gasteiger partial charge on any atom is 0.272 e. The molecule has 6 nitrogen and oxygen atoms in total. The molecule has 0 unspecified atom stereocenters. The highest BCUT2D eigenvalue weighted by Gasteiger charge is 2.14. The lowest BCUT2D eigenvalue weighted by atomic mass is 10.1. The lowest BCUT2D eigenvalue weighted by molar-refractivity contribution is -0.385. The van der Waals surface area contributed by atoms with Crippen LogP contribution in [0.2, 0.25) is 0 Å². The number of nitrogens with one attached hydrogen (secondary N) is 1. The van der Waals surface area contributed by atoms with Gasteiger partial charge in [-0.1, -0.05) is 6.07 Å². The van der Waals surface area contributed by atoms with E-state index in [0.717, 1.165) is 0 Å².